The fraction of sp³-hybridized carbons (Fsp3) is 0.357. The molecule has 2 aromatic rings. The Hall–Kier alpha value is -1.39. The summed E-state index contributed by atoms with van der Waals surface area (Å²) in [6.07, 6.45) is 1.86. The van der Waals surface area contributed by atoms with Crippen LogP contribution in [-0.4, -0.2) is 16.3 Å². The Morgan fingerprint density at radius 2 is 2.16 bits per heavy atom. The molecule has 1 aromatic heterocycles. The summed E-state index contributed by atoms with van der Waals surface area (Å²) in [6, 6.07) is 4.44. The summed E-state index contributed by atoms with van der Waals surface area (Å²) in [5.74, 6) is -0.321. The van der Waals surface area contributed by atoms with Crippen molar-refractivity contribution in [3.8, 4) is 0 Å². The molecule has 0 fully saturated rings. The van der Waals surface area contributed by atoms with Crippen LogP contribution in [0.5, 0.6) is 0 Å². The third-order valence-electron chi connectivity index (χ3n) is 3.11. The van der Waals surface area contributed by atoms with E-state index in [0.717, 1.165) is 24.3 Å². The van der Waals surface area contributed by atoms with Gasteiger partial charge in [0.2, 0.25) is 0 Å². The van der Waals surface area contributed by atoms with Crippen LogP contribution < -0.4 is 5.32 Å². The first-order valence-electron chi connectivity index (χ1n) is 6.27. The van der Waals surface area contributed by atoms with Gasteiger partial charge in [-0.05, 0) is 31.2 Å². The second-order valence-corrected chi connectivity index (χ2v) is 4.84. The average Bonchev–Trinajstić information content (AvgIpc) is 2.72. The maximum Gasteiger partial charge on any atom is 0.124 e. The van der Waals surface area contributed by atoms with Crippen molar-refractivity contribution in [2.45, 2.75) is 26.9 Å². The highest BCUT2D eigenvalue weighted by molar-refractivity contribution is 6.31. The van der Waals surface area contributed by atoms with Crippen LogP contribution in [0.1, 0.15) is 23.7 Å². The zero-order valence-corrected chi connectivity index (χ0v) is 11.8. The van der Waals surface area contributed by atoms with Gasteiger partial charge in [0, 0.05) is 22.8 Å². The van der Waals surface area contributed by atoms with E-state index in [2.05, 4.69) is 17.3 Å². The topological polar surface area (TPSA) is 29.9 Å². The van der Waals surface area contributed by atoms with Crippen LogP contribution in [0.4, 0.5) is 4.39 Å². The molecule has 0 saturated carbocycles. The standard InChI is InChI=1S/C14H17ClFN3/c1-3-17-7-12-8-18-19(10(12)2)9-11-4-5-13(16)6-14(11)15/h4-6,8,17H,3,7,9H2,1-2H3. The maximum atomic E-state index is 13.0. The Morgan fingerprint density at radius 3 is 2.84 bits per heavy atom. The van der Waals surface area contributed by atoms with Crippen LogP contribution >= 0.6 is 11.6 Å². The third kappa shape index (κ3) is 3.33. The minimum absolute atomic E-state index is 0.321. The molecule has 0 radical (unpaired) electrons. The smallest absolute Gasteiger partial charge is 0.124 e. The molecule has 0 bridgehead atoms. The van der Waals surface area contributed by atoms with E-state index in [4.69, 9.17) is 11.6 Å². The van der Waals surface area contributed by atoms with Gasteiger partial charge in [-0.15, -0.1) is 0 Å². The summed E-state index contributed by atoms with van der Waals surface area (Å²) in [4.78, 5) is 0. The summed E-state index contributed by atoms with van der Waals surface area (Å²) in [6.45, 7) is 6.38. The molecule has 1 N–H and O–H groups in total. The number of rotatable bonds is 5. The summed E-state index contributed by atoms with van der Waals surface area (Å²) in [7, 11) is 0. The Kier molecular flexibility index (Phi) is 4.56. The second kappa shape index (κ2) is 6.17. The lowest BCUT2D eigenvalue weighted by Gasteiger charge is -2.08. The van der Waals surface area contributed by atoms with Crippen LogP contribution in [0.15, 0.2) is 24.4 Å². The van der Waals surface area contributed by atoms with Crippen molar-refractivity contribution in [2.75, 3.05) is 6.54 Å². The lowest BCUT2D eigenvalue weighted by atomic mass is 10.2. The minimum Gasteiger partial charge on any atom is -0.313 e. The summed E-state index contributed by atoms with van der Waals surface area (Å²) in [5.41, 5.74) is 3.13. The van der Waals surface area contributed by atoms with Crippen molar-refractivity contribution in [3.05, 3.63) is 52.1 Å². The normalized spacial score (nSPS) is 10.9. The monoisotopic (exact) mass is 281 g/mol. The molecule has 102 valence electrons. The van der Waals surface area contributed by atoms with Gasteiger partial charge in [-0.1, -0.05) is 24.6 Å². The van der Waals surface area contributed by atoms with Crippen LogP contribution in [-0.2, 0) is 13.1 Å². The van der Waals surface area contributed by atoms with E-state index in [1.807, 2.05) is 17.8 Å². The van der Waals surface area contributed by atoms with Gasteiger partial charge in [-0.2, -0.15) is 5.10 Å². The number of halogens is 2. The quantitative estimate of drug-likeness (QED) is 0.912. The highest BCUT2D eigenvalue weighted by Gasteiger charge is 2.08. The van der Waals surface area contributed by atoms with E-state index in [1.165, 1.54) is 17.7 Å². The SMILES string of the molecule is CCNCc1cnn(Cc2ccc(F)cc2Cl)c1C. The number of hydrogen-bond donors (Lipinski definition) is 1. The third-order valence-corrected chi connectivity index (χ3v) is 3.46. The summed E-state index contributed by atoms with van der Waals surface area (Å²) in [5, 5.41) is 8.06. The zero-order chi connectivity index (χ0) is 13.8. The fourth-order valence-electron chi connectivity index (χ4n) is 1.89. The number of nitrogens with zero attached hydrogens (tertiary/aromatic N) is 2. The van der Waals surface area contributed by atoms with E-state index >= 15 is 0 Å². The first kappa shape index (κ1) is 14.0. The summed E-state index contributed by atoms with van der Waals surface area (Å²) < 4.78 is 14.9. The fourth-order valence-corrected chi connectivity index (χ4v) is 2.12. The molecule has 0 aliphatic heterocycles. The van der Waals surface area contributed by atoms with Gasteiger partial charge in [-0.25, -0.2) is 4.39 Å². The van der Waals surface area contributed by atoms with E-state index in [0.29, 0.717) is 11.6 Å². The molecule has 0 unspecified atom stereocenters. The molecule has 0 aliphatic rings. The first-order chi connectivity index (χ1) is 9.11. The predicted molar refractivity (Wildman–Crippen MR) is 74.9 cm³/mol. The Morgan fingerprint density at radius 1 is 1.37 bits per heavy atom. The Bertz CT molecular complexity index is 566. The van der Waals surface area contributed by atoms with E-state index in [-0.39, 0.29) is 5.82 Å². The van der Waals surface area contributed by atoms with E-state index < -0.39 is 0 Å². The number of benzene rings is 1. The van der Waals surface area contributed by atoms with Crippen LogP contribution in [0.25, 0.3) is 0 Å². The van der Waals surface area contributed by atoms with Gasteiger partial charge in [-0.3, -0.25) is 4.68 Å². The molecular formula is C14H17ClFN3. The average molecular weight is 282 g/mol. The molecule has 1 aromatic carbocycles. The van der Waals surface area contributed by atoms with Gasteiger partial charge < -0.3 is 5.32 Å². The molecule has 5 heteroatoms. The minimum atomic E-state index is -0.321. The van der Waals surface area contributed by atoms with Crippen molar-refractivity contribution in [1.82, 2.24) is 15.1 Å². The number of nitrogens with one attached hydrogen (secondary N) is 1. The highest BCUT2D eigenvalue weighted by Crippen LogP contribution is 2.19. The molecular weight excluding hydrogens is 265 g/mol. The van der Waals surface area contributed by atoms with Gasteiger partial charge >= 0.3 is 0 Å². The van der Waals surface area contributed by atoms with E-state index in [9.17, 15) is 4.39 Å². The lowest BCUT2D eigenvalue weighted by Crippen LogP contribution is -2.12. The van der Waals surface area contributed by atoms with Crippen LogP contribution in [0.2, 0.25) is 5.02 Å². The molecule has 0 spiro atoms. The molecule has 3 nitrogen and oxygen atoms in total. The largest absolute Gasteiger partial charge is 0.313 e. The van der Waals surface area contributed by atoms with Crippen molar-refractivity contribution in [2.24, 2.45) is 0 Å². The van der Waals surface area contributed by atoms with Gasteiger partial charge in [0.1, 0.15) is 5.82 Å². The van der Waals surface area contributed by atoms with Gasteiger partial charge in [0.25, 0.3) is 0 Å². The number of hydrogen-bond acceptors (Lipinski definition) is 2. The lowest BCUT2D eigenvalue weighted by molar-refractivity contribution is 0.623. The molecule has 0 saturated heterocycles. The first-order valence-corrected chi connectivity index (χ1v) is 6.65. The molecule has 1 heterocycles. The second-order valence-electron chi connectivity index (χ2n) is 4.43. The molecule has 0 aliphatic carbocycles. The summed E-state index contributed by atoms with van der Waals surface area (Å²) >= 11 is 6.03. The molecule has 0 amide bonds. The Balaban J connectivity index is 2.17. The number of aromatic nitrogens is 2. The predicted octanol–water partition coefficient (Wildman–Crippen LogP) is 3.14. The molecule has 19 heavy (non-hydrogen) atoms. The van der Waals surface area contributed by atoms with Gasteiger partial charge in [0.15, 0.2) is 0 Å². The van der Waals surface area contributed by atoms with Gasteiger partial charge in [0.05, 0.1) is 12.7 Å². The molecule has 2 rings (SSSR count). The van der Waals surface area contributed by atoms with Crippen LogP contribution in [0, 0.1) is 12.7 Å². The Labute approximate surface area is 117 Å². The molecule has 0 atom stereocenters. The van der Waals surface area contributed by atoms with Crippen molar-refractivity contribution < 1.29 is 4.39 Å². The highest BCUT2D eigenvalue weighted by atomic mass is 35.5. The van der Waals surface area contributed by atoms with E-state index in [1.54, 1.807) is 6.07 Å². The van der Waals surface area contributed by atoms with Crippen molar-refractivity contribution in [1.29, 1.82) is 0 Å². The zero-order valence-electron chi connectivity index (χ0n) is 11.1. The van der Waals surface area contributed by atoms with Crippen molar-refractivity contribution >= 4 is 11.6 Å². The van der Waals surface area contributed by atoms with Crippen molar-refractivity contribution in [3.63, 3.8) is 0 Å². The maximum absolute atomic E-state index is 13.0. The van der Waals surface area contributed by atoms with Crippen LogP contribution in [0.3, 0.4) is 0 Å².